The molecule has 0 unspecified atom stereocenters. The number of carbonyl (C=O) groups is 2. The maximum absolute atomic E-state index is 11.9. The highest BCUT2D eigenvalue weighted by molar-refractivity contribution is 6.02. The molecule has 0 bridgehead atoms. The van der Waals surface area contributed by atoms with Gasteiger partial charge in [0.1, 0.15) is 0 Å². The van der Waals surface area contributed by atoms with Crippen LogP contribution in [-0.2, 0) is 4.79 Å². The third-order valence-corrected chi connectivity index (χ3v) is 3.32. The fourth-order valence-corrected chi connectivity index (χ4v) is 2.01. The number of nitrogens with one attached hydrogen (secondary N) is 3. The van der Waals surface area contributed by atoms with E-state index in [2.05, 4.69) is 22.5 Å². The average Bonchev–Trinajstić information content (AvgIpc) is 2.61. The molecule has 2 aromatic rings. The summed E-state index contributed by atoms with van der Waals surface area (Å²) in [7, 11) is 0. The highest BCUT2D eigenvalue weighted by Crippen LogP contribution is 2.13. The second-order valence-electron chi connectivity index (χ2n) is 5.43. The Morgan fingerprint density at radius 3 is 2.16 bits per heavy atom. The normalized spacial score (nSPS) is 10.3. The molecule has 0 saturated carbocycles. The van der Waals surface area contributed by atoms with Gasteiger partial charge in [-0.25, -0.2) is 4.79 Å². The van der Waals surface area contributed by atoms with Crippen LogP contribution < -0.4 is 16.0 Å². The molecule has 0 atom stereocenters. The van der Waals surface area contributed by atoms with E-state index in [1.54, 1.807) is 36.4 Å². The monoisotopic (exact) mass is 335 g/mol. The van der Waals surface area contributed by atoms with Gasteiger partial charge in [-0.3, -0.25) is 4.79 Å². The van der Waals surface area contributed by atoms with Crippen LogP contribution in [0.3, 0.4) is 0 Å². The minimum absolute atomic E-state index is 0.218. The number of carbonyl (C=O) groups excluding carboxylic acids is 2. The molecular weight excluding hydrogens is 314 g/mol. The zero-order valence-corrected chi connectivity index (χ0v) is 14.1. The first-order valence-corrected chi connectivity index (χ1v) is 7.88. The third-order valence-electron chi connectivity index (χ3n) is 3.32. The maximum Gasteiger partial charge on any atom is 0.319 e. The van der Waals surface area contributed by atoms with Crippen molar-refractivity contribution in [2.45, 2.75) is 6.92 Å². The van der Waals surface area contributed by atoms with Crippen molar-refractivity contribution in [3.8, 4) is 0 Å². The first kappa shape index (κ1) is 18.0. The van der Waals surface area contributed by atoms with E-state index in [1.165, 1.54) is 11.6 Å². The Hall–Kier alpha value is -3.34. The number of hydrogen-bond donors (Lipinski definition) is 3. The van der Waals surface area contributed by atoms with Crippen molar-refractivity contribution in [2.24, 2.45) is 0 Å². The van der Waals surface area contributed by atoms with Gasteiger partial charge in [-0.1, -0.05) is 35.9 Å². The molecule has 0 saturated heterocycles. The van der Waals surface area contributed by atoms with Crippen molar-refractivity contribution in [1.82, 2.24) is 5.32 Å². The summed E-state index contributed by atoms with van der Waals surface area (Å²) < 4.78 is 0. The number of rotatable bonds is 6. The Balaban J connectivity index is 1.87. The molecule has 5 heteroatoms. The lowest BCUT2D eigenvalue weighted by molar-refractivity contribution is -0.111. The number of urea groups is 1. The molecule has 25 heavy (non-hydrogen) atoms. The molecule has 3 N–H and O–H groups in total. The highest BCUT2D eigenvalue weighted by atomic mass is 16.2. The molecule has 0 aliphatic rings. The number of hydrogen-bond acceptors (Lipinski definition) is 2. The topological polar surface area (TPSA) is 70.2 Å². The molecule has 0 aliphatic carbocycles. The fraction of sp³-hybridized carbons (Fsp3) is 0.100. The van der Waals surface area contributed by atoms with E-state index in [9.17, 15) is 9.59 Å². The van der Waals surface area contributed by atoms with Gasteiger partial charge in [0.15, 0.2) is 0 Å². The number of anilines is 2. The number of aryl methyl sites for hydroxylation is 1. The molecule has 2 aromatic carbocycles. The van der Waals surface area contributed by atoms with E-state index in [1.807, 2.05) is 31.2 Å². The van der Waals surface area contributed by atoms with Crippen molar-refractivity contribution < 1.29 is 9.59 Å². The molecule has 5 nitrogen and oxygen atoms in total. The maximum atomic E-state index is 11.9. The van der Waals surface area contributed by atoms with Gasteiger partial charge in [-0.05, 0) is 42.8 Å². The summed E-state index contributed by atoms with van der Waals surface area (Å²) in [5.74, 6) is -0.218. The summed E-state index contributed by atoms with van der Waals surface area (Å²) in [6.45, 7) is 5.94. The first-order chi connectivity index (χ1) is 12.1. The Kier molecular flexibility index (Phi) is 6.54. The molecule has 0 aromatic heterocycles. The van der Waals surface area contributed by atoms with Gasteiger partial charge < -0.3 is 16.0 Å². The molecule has 0 heterocycles. The van der Waals surface area contributed by atoms with Crippen LogP contribution in [-0.4, -0.2) is 18.5 Å². The minimum Gasteiger partial charge on any atom is -0.334 e. The Bertz CT molecular complexity index is 763. The molecule has 128 valence electrons. The van der Waals surface area contributed by atoms with Crippen LogP contribution in [0.15, 0.2) is 67.3 Å². The van der Waals surface area contributed by atoms with Crippen LogP contribution in [0.4, 0.5) is 16.2 Å². The number of amides is 3. The van der Waals surface area contributed by atoms with E-state index >= 15 is 0 Å². The molecular formula is C20H21N3O2. The van der Waals surface area contributed by atoms with Crippen molar-refractivity contribution >= 4 is 29.4 Å². The van der Waals surface area contributed by atoms with Crippen LogP contribution in [0.25, 0.3) is 6.08 Å². The van der Waals surface area contributed by atoms with Crippen LogP contribution in [0.2, 0.25) is 0 Å². The molecule has 0 fully saturated rings. The average molecular weight is 335 g/mol. The summed E-state index contributed by atoms with van der Waals surface area (Å²) in [5, 5.41) is 8.07. The van der Waals surface area contributed by atoms with Gasteiger partial charge in [0.25, 0.3) is 0 Å². The summed E-state index contributed by atoms with van der Waals surface area (Å²) >= 11 is 0. The van der Waals surface area contributed by atoms with Gasteiger partial charge in [0.05, 0.1) is 0 Å². The van der Waals surface area contributed by atoms with Crippen LogP contribution in [0.1, 0.15) is 11.1 Å². The van der Waals surface area contributed by atoms with Gasteiger partial charge >= 0.3 is 6.03 Å². The molecule has 0 spiro atoms. The van der Waals surface area contributed by atoms with Crippen molar-refractivity contribution in [2.75, 3.05) is 17.2 Å². The lowest BCUT2D eigenvalue weighted by atomic mass is 10.1. The summed E-state index contributed by atoms with van der Waals surface area (Å²) in [4.78, 5) is 23.5. The highest BCUT2D eigenvalue weighted by Gasteiger charge is 2.01. The summed E-state index contributed by atoms with van der Waals surface area (Å²) in [5.41, 5.74) is 3.42. The molecule has 2 rings (SSSR count). The van der Waals surface area contributed by atoms with E-state index < -0.39 is 0 Å². The zero-order valence-electron chi connectivity index (χ0n) is 14.1. The summed E-state index contributed by atoms with van der Waals surface area (Å²) in [6, 6.07) is 14.5. The second kappa shape index (κ2) is 9.08. The SMILES string of the molecule is C=CCNC(=O)Nc1ccc(NC(=O)/C=C/c2ccc(C)cc2)cc1. The smallest absolute Gasteiger partial charge is 0.319 e. The zero-order chi connectivity index (χ0) is 18.1. The van der Waals surface area contributed by atoms with Crippen molar-refractivity contribution in [1.29, 1.82) is 0 Å². The third kappa shape index (κ3) is 6.35. The van der Waals surface area contributed by atoms with E-state index in [0.717, 1.165) is 5.56 Å². The molecule has 0 radical (unpaired) electrons. The van der Waals surface area contributed by atoms with Gasteiger partial charge in [0.2, 0.25) is 5.91 Å². The van der Waals surface area contributed by atoms with Gasteiger partial charge in [-0.2, -0.15) is 0 Å². The lowest BCUT2D eigenvalue weighted by Crippen LogP contribution is -2.28. The summed E-state index contributed by atoms with van der Waals surface area (Å²) in [6.07, 6.45) is 4.84. The Morgan fingerprint density at radius 1 is 0.960 bits per heavy atom. The van der Waals surface area contributed by atoms with Crippen LogP contribution >= 0.6 is 0 Å². The van der Waals surface area contributed by atoms with Crippen molar-refractivity contribution in [3.05, 3.63) is 78.4 Å². The predicted octanol–water partition coefficient (Wildman–Crippen LogP) is 3.95. The standard InChI is InChI=1S/C20H21N3O2/c1-3-14-21-20(25)23-18-11-9-17(10-12-18)22-19(24)13-8-16-6-4-15(2)5-7-16/h3-13H,1,14H2,2H3,(H,22,24)(H2,21,23,25)/b13-8+. The molecule has 3 amide bonds. The largest absolute Gasteiger partial charge is 0.334 e. The van der Waals surface area contributed by atoms with E-state index in [4.69, 9.17) is 0 Å². The van der Waals surface area contributed by atoms with Crippen molar-refractivity contribution in [3.63, 3.8) is 0 Å². The van der Waals surface area contributed by atoms with Gasteiger partial charge in [-0.15, -0.1) is 6.58 Å². The second-order valence-corrected chi connectivity index (χ2v) is 5.43. The lowest BCUT2D eigenvalue weighted by Gasteiger charge is -2.07. The fourth-order valence-electron chi connectivity index (χ4n) is 2.01. The Labute approximate surface area is 147 Å². The van der Waals surface area contributed by atoms with Crippen LogP contribution in [0, 0.1) is 6.92 Å². The first-order valence-electron chi connectivity index (χ1n) is 7.88. The predicted molar refractivity (Wildman–Crippen MR) is 103 cm³/mol. The Morgan fingerprint density at radius 2 is 1.56 bits per heavy atom. The minimum atomic E-state index is -0.308. The van der Waals surface area contributed by atoms with E-state index in [0.29, 0.717) is 17.9 Å². The quantitative estimate of drug-likeness (QED) is 0.552. The van der Waals surface area contributed by atoms with Crippen LogP contribution in [0.5, 0.6) is 0 Å². The van der Waals surface area contributed by atoms with E-state index in [-0.39, 0.29) is 11.9 Å². The number of benzene rings is 2. The van der Waals surface area contributed by atoms with Gasteiger partial charge in [0, 0.05) is 24.0 Å². The molecule has 0 aliphatic heterocycles.